The summed E-state index contributed by atoms with van der Waals surface area (Å²) in [6, 6.07) is 16.0. The van der Waals surface area contributed by atoms with Gasteiger partial charge in [0.2, 0.25) is 5.91 Å². The summed E-state index contributed by atoms with van der Waals surface area (Å²) in [6.45, 7) is 2.03. The lowest BCUT2D eigenvalue weighted by Crippen LogP contribution is -2.27. The Morgan fingerprint density at radius 2 is 1.95 bits per heavy atom. The number of hydrogen-bond acceptors (Lipinski definition) is 1. The molecule has 3 nitrogen and oxygen atoms in total. The lowest BCUT2D eigenvalue weighted by Gasteiger charge is -2.17. The molecule has 0 unspecified atom stereocenters. The fourth-order valence-electron chi connectivity index (χ4n) is 2.54. The van der Waals surface area contributed by atoms with E-state index < -0.39 is 0 Å². The van der Waals surface area contributed by atoms with Crippen molar-refractivity contribution in [2.45, 2.75) is 13.3 Å². The summed E-state index contributed by atoms with van der Waals surface area (Å²) in [5, 5.41) is 1.11. The molecular weight excluding hydrogens is 260 g/mol. The maximum atomic E-state index is 12.5. The van der Waals surface area contributed by atoms with E-state index in [1.807, 2.05) is 68.7 Å². The van der Waals surface area contributed by atoms with Crippen LogP contribution in [0.25, 0.3) is 10.9 Å². The summed E-state index contributed by atoms with van der Waals surface area (Å²) < 4.78 is 0. The highest BCUT2D eigenvalue weighted by atomic mass is 16.2. The van der Waals surface area contributed by atoms with Gasteiger partial charge in [-0.2, -0.15) is 0 Å². The predicted molar refractivity (Wildman–Crippen MR) is 86.6 cm³/mol. The van der Waals surface area contributed by atoms with E-state index in [9.17, 15) is 4.79 Å². The van der Waals surface area contributed by atoms with Crippen LogP contribution in [0.4, 0.5) is 5.69 Å². The first kappa shape index (κ1) is 13.4. The molecule has 1 N–H and O–H groups in total. The maximum absolute atomic E-state index is 12.5. The molecule has 0 spiro atoms. The topological polar surface area (TPSA) is 36.1 Å². The van der Waals surface area contributed by atoms with Crippen LogP contribution in [0, 0.1) is 6.92 Å². The summed E-state index contributed by atoms with van der Waals surface area (Å²) >= 11 is 0. The Morgan fingerprint density at radius 1 is 1.14 bits per heavy atom. The minimum absolute atomic E-state index is 0.0883. The Kier molecular flexibility index (Phi) is 3.48. The summed E-state index contributed by atoms with van der Waals surface area (Å²) in [6.07, 6.45) is 2.32. The van der Waals surface area contributed by atoms with Crippen molar-refractivity contribution in [2.24, 2.45) is 0 Å². The van der Waals surface area contributed by atoms with Gasteiger partial charge < -0.3 is 9.88 Å². The van der Waals surface area contributed by atoms with Crippen molar-refractivity contribution in [1.29, 1.82) is 0 Å². The number of fused-ring (bicyclic) bond motifs is 1. The standard InChI is InChI=1S/C18H18N2O/c1-13-6-5-7-15(10-13)20(2)18(21)11-14-12-19-17-9-4-3-8-16(14)17/h3-10,12,19H,11H2,1-2H3. The summed E-state index contributed by atoms with van der Waals surface area (Å²) in [5.74, 6) is 0.0883. The van der Waals surface area contributed by atoms with Crippen molar-refractivity contribution in [3.05, 3.63) is 65.9 Å². The highest BCUT2D eigenvalue weighted by molar-refractivity contribution is 5.97. The molecule has 0 aliphatic carbocycles. The van der Waals surface area contributed by atoms with E-state index in [1.165, 1.54) is 0 Å². The molecule has 1 aromatic heterocycles. The number of para-hydroxylation sites is 1. The number of aromatic nitrogens is 1. The number of aryl methyl sites for hydroxylation is 1. The van der Waals surface area contributed by atoms with Crippen molar-refractivity contribution >= 4 is 22.5 Å². The molecule has 0 fully saturated rings. The highest BCUT2D eigenvalue weighted by Crippen LogP contribution is 2.20. The third kappa shape index (κ3) is 2.68. The second kappa shape index (κ2) is 5.44. The molecule has 0 aliphatic rings. The Labute approximate surface area is 124 Å². The number of carbonyl (C=O) groups is 1. The molecule has 1 heterocycles. The highest BCUT2D eigenvalue weighted by Gasteiger charge is 2.14. The van der Waals surface area contributed by atoms with Gasteiger partial charge in [-0.05, 0) is 36.2 Å². The van der Waals surface area contributed by atoms with Crippen molar-refractivity contribution in [1.82, 2.24) is 4.98 Å². The molecule has 21 heavy (non-hydrogen) atoms. The minimum Gasteiger partial charge on any atom is -0.361 e. The van der Waals surface area contributed by atoms with Crippen LogP contribution in [-0.4, -0.2) is 17.9 Å². The Hall–Kier alpha value is -2.55. The maximum Gasteiger partial charge on any atom is 0.231 e. The third-order valence-corrected chi connectivity index (χ3v) is 3.78. The van der Waals surface area contributed by atoms with Crippen LogP contribution in [0.15, 0.2) is 54.7 Å². The van der Waals surface area contributed by atoms with Crippen LogP contribution in [0.5, 0.6) is 0 Å². The van der Waals surface area contributed by atoms with E-state index in [-0.39, 0.29) is 5.91 Å². The molecule has 0 saturated carbocycles. The second-order valence-corrected chi connectivity index (χ2v) is 5.33. The number of benzene rings is 2. The number of H-pyrrole nitrogens is 1. The lowest BCUT2D eigenvalue weighted by atomic mass is 10.1. The number of amides is 1. The number of nitrogens with one attached hydrogen (secondary N) is 1. The summed E-state index contributed by atoms with van der Waals surface area (Å²) in [7, 11) is 1.83. The molecule has 106 valence electrons. The van der Waals surface area contributed by atoms with E-state index in [2.05, 4.69) is 4.98 Å². The fourth-order valence-corrected chi connectivity index (χ4v) is 2.54. The van der Waals surface area contributed by atoms with Crippen LogP contribution in [-0.2, 0) is 11.2 Å². The number of likely N-dealkylation sites (N-methyl/N-ethyl adjacent to an activating group) is 1. The molecule has 3 rings (SSSR count). The van der Waals surface area contributed by atoms with Gasteiger partial charge in [-0.25, -0.2) is 0 Å². The Balaban J connectivity index is 1.83. The number of rotatable bonds is 3. The van der Waals surface area contributed by atoms with Crippen molar-refractivity contribution in [2.75, 3.05) is 11.9 Å². The van der Waals surface area contributed by atoms with Crippen LogP contribution >= 0.6 is 0 Å². The summed E-state index contributed by atoms with van der Waals surface area (Å²) in [5.41, 5.74) is 4.19. The molecule has 0 radical (unpaired) electrons. The molecule has 0 bridgehead atoms. The molecular formula is C18H18N2O. The molecule has 1 amide bonds. The number of carbonyl (C=O) groups excluding carboxylic acids is 1. The van der Waals surface area contributed by atoms with E-state index in [1.54, 1.807) is 4.90 Å². The van der Waals surface area contributed by atoms with Gasteiger partial charge in [0, 0.05) is 29.8 Å². The average Bonchev–Trinajstić information content (AvgIpc) is 2.90. The Bertz CT molecular complexity index is 789. The molecule has 0 atom stereocenters. The average molecular weight is 278 g/mol. The smallest absolute Gasteiger partial charge is 0.231 e. The van der Waals surface area contributed by atoms with Gasteiger partial charge in [-0.15, -0.1) is 0 Å². The lowest BCUT2D eigenvalue weighted by molar-refractivity contribution is -0.117. The van der Waals surface area contributed by atoms with Crippen LogP contribution in [0.1, 0.15) is 11.1 Å². The second-order valence-electron chi connectivity index (χ2n) is 5.33. The van der Waals surface area contributed by atoms with Gasteiger partial charge in [-0.3, -0.25) is 4.79 Å². The van der Waals surface area contributed by atoms with Gasteiger partial charge >= 0.3 is 0 Å². The molecule has 3 aromatic rings. The molecule has 2 aromatic carbocycles. The summed E-state index contributed by atoms with van der Waals surface area (Å²) in [4.78, 5) is 17.4. The van der Waals surface area contributed by atoms with E-state index in [0.717, 1.165) is 27.7 Å². The van der Waals surface area contributed by atoms with Crippen molar-refractivity contribution in [3.63, 3.8) is 0 Å². The largest absolute Gasteiger partial charge is 0.361 e. The first-order chi connectivity index (χ1) is 10.1. The molecule has 0 saturated heterocycles. The number of anilines is 1. The molecule has 3 heteroatoms. The quantitative estimate of drug-likeness (QED) is 0.779. The van der Waals surface area contributed by atoms with Gasteiger partial charge in [0.15, 0.2) is 0 Å². The monoisotopic (exact) mass is 278 g/mol. The van der Waals surface area contributed by atoms with Gasteiger partial charge in [0.05, 0.1) is 6.42 Å². The van der Waals surface area contributed by atoms with E-state index in [4.69, 9.17) is 0 Å². The molecule has 0 aliphatic heterocycles. The van der Waals surface area contributed by atoms with Gasteiger partial charge in [0.25, 0.3) is 0 Å². The zero-order chi connectivity index (χ0) is 14.8. The van der Waals surface area contributed by atoms with Gasteiger partial charge in [0.1, 0.15) is 0 Å². The van der Waals surface area contributed by atoms with Crippen molar-refractivity contribution in [3.8, 4) is 0 Å². The third-order valence-electron chi connectivity index (χ3n) is 3.78. The first-order valence-electron chi connectivity index (χ1n) is 7.03. The zero-order valence-electron chi connectivity index (χ0n) is 12.3. The van der Waals surface area contributed by atoms with Crippen molar-refractivity contribution < 1.29 is 4.79 Å². The van der Waals surface area contributed by atoms with Crippen LogP contribution in [0.3, 0.4) is 0 Å². The van der Waals surface area contributed by atoms with Crippen LogP contribution < -0.4 is 4.90 Å². The van der Waals surface area contributed by atoms with E-state index >= 15 is 0 Å². The van der Waals surface area contributed by atoms with E-state index in [0.29, 0.717) is 6.42 Å². The predicted octanol–water partition coefficient (Wildman–Crippen LogP) is 3.68. The fraction of sp³-hybridized carbons (Fsp3) is 0.167. The number of nitrogens with zero attached hydrogens (tertiary/aromatic N) is 1. The first-order valence-corrected chi connectivity index (χ1v) is 7.03. The minimum atomic E-state index is 0.0883. The van der Waals surface area contributed by atoms with Gasteiger partial charge in [-0.1, -0.05) is 30.3 Å². The number of hydrogen-bond donors (Lipinski definition) is 1. The van der Waals surface area contributed by atoms with Crippen LogP contribution in [0.2, 0.25) is 0 Å². The number of aromatic amines is 1. The normalized spacial score (nSPS) is 10.8. The SMILES string of the molecule is Cc1cccc(N(C)C(=O)Cc2c[nH]c3ccccc23)c1. The Morgan fingerprint density at radius 3 is 2.76 bits per heavy atom. The zero-order valence-corrected chi connectivity index (χ0v) is 12.3.